The lowest BCUT2D eigenvalue weighted by Crippen LogP contribution is -2.30. The van der Waals surface area contributed by atoms with E-state index in [0.717, 1.165) is 30.0 Å². The summed E-state index contributed by atoms with van der Waals surface area (Å²) in [6.07, 6.45) is 2.96. The van der Waals surface area contributed by atoms with Gasteiger partial charge in [0, 0.05) is 35.4 Å². The van der Waals surface area contributed by atoms with Gasteiger partial charge in [0.15, 0.2) is 0 Å². The molecule has 0 saturated carbocycles. The highest BCUT2D eigenvalue weighted by atomic mass is 35.5. The highest BCUT2D eigenvalue weighted by molar-refractivity contribution is 6.31. The third-order valence-corrected chi connectivity index (χ3v) is 4.39. The van der Waals surface area contributed by atoms with Gasteiger partial charge in [0.25, 0.3) is 0 Å². The van der Waals surface area contributed by atoms with E-state index in [1.54, 1.807) is 0 Å². The Morgan fingerprint density at radius 3 is 2.68 bits per heavy atom. The van der Waals surface area contributed by atoms with Crippen LogP contribution in [-0.4, -0.2) is 11.5 Å². The van der Waals surface area contributed by atoms with Crippen LogP contribution in [-0.2, 0) is 13.0 Å². The number of hydrogen-bond donors (Lipinski definition) is 0. The molecule has 1 aliphatic rings. The van der Waals surface area contributed by atoms with Crippen molar-refractivity contribution < 1.29 is 0 Å². The summed E-state index contributed by atoms with van der Waals surface area (Å²) in [5, 5.41) is 1.90. The zero-order valence-electron chi connectivity index (χ0n) is 12.0. The first-order chi connectivity index (χ1) is 10.3. The second kappa shape index (κ2) is 6.15. The number of rotatable bonds is 1. The van der Waals surface area contributed by atoms with E-state index in [9.17, 15) is 0 Å². The van der Waals surface area contributed by atoms with Gasteiger partial charge in [-0.05, 0) is 41.8 Å². The van der Waals surface area contributed by atoms with Crippen molar-refractivity contribution in [2.45, 2.75) is 13.0 Å². The Morgan fingerprint density at radius 1 is 1.00 bits per heavy atom. The molecule has 3 aromatic rings. The SMILES string of the molecule is Cl.Clc1ccc2c(N3CCc4ccccc4C3)ccnc2c1. The lowest BCUT2D eigenvalue weighted by molar-refractivity contribution is 0.734. The van der Waals surface area contributed by atoms with Crippen molar-refractivity contribution in [1.29, 1.82) is 0 Å². The van der Waals surface area contributed by atoms with Crippen LogP contribution in [0.5, 0.6) is 0 Å². The van der Waals surface area contributed by atoms with Crippen molar-refractivity contribution in [3.63, 3.8) is 0 Å². The fraction of sp³-hybridized carbons (Fsp3) is 0.167. The van der Waals surface area contributed by atoms with E-state index in [1.165, 1.54) is 22.2 Å². The molecule has 0 saturated heterocycles. The summed E-state index contributed by atoms with van der Waals surface area (Å²) in [4.78, 5) is 6.86. The number of hydrogen-bond acceptors (Lipinski definition) is 2. The van der Waals surface area contributed by atoms with Crippen LogP contribution in [0.4, 0.5) is 5.69 Å². The van der Waals surface area contributed by atoms with E-state index in [2.05, 4.69) is 46.3 Å². The molecule has 1 aliphatic heterocycles. The van der Waals surface area contributed by atoms with Crippen molar-refractivity contribution in [2.24, 2.45) is 0 Å². The Balaban J connectivity index is 0.00000144. The van der Waals surface area contributed by atoms with Gasteiger partial charge in [-0.1, -0.05) is 35.9 Å². The summed E-state index contributed by atoms with van der Waals surface area (Å²) in [6.45, 7) is 2.00. The number of nitrogens with zero attached hydrogens (tertiary/aromatic N) is 2. The smallest absolute Gasteiger partial charge is 0.0737 e. The first-order valence-electron chi connectivity index (χ1n) is 7.17. The lowest BCUT2D eigenvalue weighted by atomic mass is 9.99. The first kappa shape index (κ1) is 15.1. The number of fused-ring (bicyclic) bond motifs is 2. The largest absolute Gasteiger partial charge is 0.366 e. The Kier molecular flexibility index (Phi) is 4.23. The topological polar surface area (TPSA) is 16.1 Å². The first-order valence-corrected chi connectivity index (χ1v) is 7.55. The fourth-order valence-electron chi connectivity index (χ4n) is 3.08. The predicted octanol–water partition coefficient (Wildman–Crippen LogP) is 4.87. The molecule has 2 aromatic carbocycles. The van der Waals surface area contributed by atoms with E-state index in [0.29, 0.717) is 0 Å². The maximum Gasteiger partial charge on any atom is 0.0737 e. The highest BCUT2D eigenvalue weighted by Crippen LogP contribution is 2.31. The monoisotopic (exact) mass is 330 g/mol. The lowest BCUT2D eigenvalue weighted by Gasteiger charge is -2.31. The van der Waals surface area contributed by atoms with E-state index in [1.807, 2.05) is 18.3 Å². The molecular formula is C18H16Cl2N2. The second-order valence-electron chi connectivity index (χ2n) is 5.43. The average molecular weight is 331 g/mol. The Morgan fingerprint density at radius 2 is 1.82 bits per heavy atom. The molecule has 0 spiro atoms. The molecule has 2 nitrogen and oxygen atoms in total. The number of halogens is 2. The standard InChI is InChI=1S/C18H15ClN2.ClH/c19-15-5-6-16-17(11-15)20-9-7-18(16)21-10-8-13-3-1-2-4-14(13)12-21;/h1-7,9,11H,8,10,12H2;1H. The fourth-order valence-corrected chi connectivity index (χ4v) is 3.25. The van der Waals surface area contributed by atoms with Crippen LogP contribution in [0.3, 0.4) is 0 Å². The summed E-state index contributed by atoms with van der Waals surface area (Å²) < 4.78 is 0. The van der Waals surface area contributed by atoms with E-state index >= 15 is 0 Å². The Bertz CT molecular complexity index is 817. The highest BCUT2D eigenvalue weighted by Gasteiger charge is 2.17. The maximum absolute atomic E-state index is 6.07. The van der Waals surface area contributed by atoms with E-state index in [-0.39, 0.29) is 12.4 Å². The molecule has 2 heterocycles. The van der Waals surface area contributed by atoms with Gasteiger partial charge in [-0.3, -0.25) is 4.98 Å². The molecule has 4 rings (SSSR count). The summed E-state index contributed by atoms with van der Waals surface area (Å²) in [5.41, 5.74) is 5.09. The number of anilines is 1. The summed E-state index contributed by atoms with van der Waals surface area (Å²) in [5.74, 6) is 0. The van der Waals surface area contributed by atoms with Gasteiger partial charge in [0.1, 0.15) is 0 Å². The zero-order chi connectivity index (χ0) is 14.2. The van der Waals surface area contributed by atoms with Crippen molar-refractivity contribution in [2.75, 3.05) is 11.4 Å². The van der Waals surface area contributed by atoms with Gasteiger partial charge in [-0.25, -0.2) is 0 Å². The molecule has 22 heavy (non-hydrogen) atoms. The van der Waals surface area contributed by atoms with Crippen LogP contribution < -0.4 is 4.90 Å². The third-order valence-electron chi connectivity index (χ3n) is 4.15. The summed E-state index contributed by atoms with van der Waals surface area (Å²) >= 11 is 6.07. The Labute approximate surface area is 141 Å². The molecule has 0 atom stereocenters. The van der Waals surface area contributed by atoms with Crippen LogP contribution in [0, 0.1) is 0 Å². The van der Waals surface area contributed by atoms with Crippen LogP contribution in [0.2, 0.25) is 5.02 Å². The van der Waals surface area contributed by atoms with Crippen LogP contribution in [0.25, 0.3) is 10.9 Å². The molecule has 0 radical (unpaired) electrons. The molecule has 0 amide bonds. The number of pyridine rings is 1. The van der Waals surface area contributed by atoms with E-state index < -0.39 is 0 Å². The van der Waals surface area contributed by atoms with Crippen LogP contribution in [0.15, 0.2) is 54.7 Å². The predicted molar refractivity (Wildman–Crippen MR) is 95.2 cm³/mol. The molecule has 0 aliphatic carbocycles. The molecule has 0 unspecified atom stereocenters. The maximum atomic E-state index is 6.07. The van der Waals surface area contributed by atoms with Crippen molar-refractivity contribution in [3.8, 4) is 0 Å². The molecule has 112 valence electrons. The van der Waals surface area contributed by atoms with Gasteiger partial charge in [0.2, 0.25) is 0 Å². The van der Waals surface area contributed by atoms with Crippen LogP contribution in [0.1, 0.15) is 11.1 Å². The minimum atomic E-state index is 0. The zero-order valence-corrected chi connectivity index (χ0v) is 13.6. The molecule has 4 heteroatoms. The second-order valence-corrected chi connectivity index (χ2v) is 5.87. The van der Waals surface area contributed by atoms with E-state index in [4.69, 9.17) is 11.6 Å². The van der Waals surface area contributed by atoms with Gasteiger partial charge in [0.05, 0.1) is 5.52 Å². The molecule has 0 fully saturated rings. The van der Waals surface area contributed by atoms with Crippen molar-refractivity contribution in [1.82, 2.24) is 4.98 Å². The third kappa shape index (κ3) is 2.65. The summed E-state index contributed by atoms with van der Waals surface area (Å²) in [6, 6.07) is 16.7. The minimum Gasteiger partial charge on any atom is -0.366 e. The Hall–Kier alpha value is -1.77. The molecule has 1 aromatic heterocycles. The minimum absolute atomic E-state index is 0. The van der Waals surface area contributed by atoms with Crippen molar-refractivity contribution in [3.05, 3.63) is 70.9 Å². The molecule has 0 N–H and O–H groups in total. The number of benzene rings is 2. The average Bonchev–Trinajstić information content (AvgIpc) is 2.53. The van der Waals surface area contributed by atoms with Crippen molar-refractivity contribution >= 4 is 40.6 Å². The molecular weight excluding hydrogens is 315 g/mol. The number of aromatic nitrogens is 1. The van der Waals surface area contributed by atoms with Gasteiger partial charge < -0.3 is 4.90 Å². The van der Waals surface area contributed by atoms with Gasteiger partial charge >= 0.3 is 0 Å². The summed E-state index contributed by atoms with van der Waals surface area (Å²) in [7, 11) is 0. The molecule has 0 bridgehead atoms. The normalized spacial score (nSPS) is 13.6. The van der Waals surface area contributed by atoms with Gasteiger partial charge in [-0.15, -0.1) is 12.4 Å². The van der Waals surface area contributed by atoms with Gasteiger partial charge in [-0.2, -0.15) is 0 Å². The van der Waals surface area contributed by atoms with Crippen LogP contribution >= 0.6 is 24.0 Å². The quantitative estimate of drug-likeness (QED) is 0.632.